The molecular formula is C14H29N3. The molecule has 2 aliphatic heterocycles. The van der Waals surface area contributed by atoms with E-state index >= 15 is 0 Å². The third-order valence-electron chi connectivity index (χ3n) is 4.40. The zero-order valence-electron chi connectivity index (χ0n) is 11.4. The van der Waals surface area contributed by atoms with Crippen LogP contribution >= 0.6 is 0 Å². The van der Waals surface area contributed by atoms with E-state index in [1.54, 1.807) is 0 Å². The monoisotopic (exact) mass is 239 g/mol. The summed E-state index contributed by atoms with van der Waals surface area (Å²) < 4.78 is 0. The highest BCUT2D eigenvalue weighted by molar-refractivity contribution is 4.73. The Hall–Kier alpha value is -0.120. The van der Waals surface area contributed by atoms with Gasteiger partial charge in [0, 0.05) is 0 Å². The Morgan fingerprint density at radius 1 is 1.18 bits per heavy atom. The minimum absolute atomic E-state index is 0.876. The second-order valence-electron chi connectivity index (χ2n) is 5.95. The fourth-order valence-electron chi connectivity index (χ4n) is 3.06. The van der Waals surface area contributed by atoms with Crippen LogP contribution in [-0.4, -0.2) is 51.2 Å². The molecule has 1 unspecified atom stereocenters. The van der Waals surface area contributed by atoms with Crippen LogP contribution in [0.5, 0.6) is 0 Å². The van der Waals surface area contributed by atoms with Crippen molar-refractivity contribution in [2.24, 2.45) is 11.8 Å². The summed E-state index contributed by atoms with van der Waals surface area (Å²) in [6.45, 7) is 7.51. The van der Waals surface area contributed by atoms with Crippen molar-refractivity contribution in [3.05, 3.63) is 0 Å². The molecule has 0 saturated carbocycles. The molecule has 17 heavy (non-hydrogen) atoms. The number of hydrogen-bond donors (Lipinski definition) is 2. The number of hydrogen-bond acceptors (Lipinski definition) is 3. The molecule has 100 valence electrons. The van der Waals surface area contributed by atoms with Gasteiger partial charge in [-0.3, -0.25) is 0 Å². The maximum Gasteiger partial charge on any atom is -0.000837 e. The molecule has 3 nitrogen and oxygen atoms in total. The van der Waals surface area contributed by atoms with Crippen molar-refractivity contribution in [3.8, 4) is 0 Å². The van der Waals surface area contributed by atoms with E-state index in [2.05, 4.69) is 22.6 Å². The normalized spacial score (nSPS) is 28.4. The maximum atomic E-state index is 3.66. The summed E-state index contributed by atoms with van der Waals surface area (Å²) in [6.07, 6.45) is 6.97. The molecule has 3 heteroatoms. The molecule has 0 radical (unpaired) electrons. The van der Waals surface area contributed by atoms with Gasteiger partial charge in [0.1, 0.15) is 0 Å². The number of piperidine rings is 2. The van der Waals surface area contributed by atoms with E-state index < -0.39 is 0 Å². The molecule has 2 N–H and O–H groups in total. The van der Waals surface area contributed by atoms with E-state index in [1.165, 1.54) is 71.4 Å². The first-order valence-electron chi connectivity index (χ1n) is 7.44. The lowest BCUT2D eigenvalue weighted by Gasteiger charge is -2.29. The van der Waals surface area contributed by atoms with E-state index in [4.69, 9.17) is 0 Å². The summed E-state index contributed by atoms with van der Waals surface area (Å²) in [4.78, 5) is 2.46. The molecule has 0 spiro atoms. The van der Waals surface area contributed by atoms with Crippen molar-refractivity contribution in [1.82, 2.24) is 15.5 Å². The predicted molar refractivity (Wildman–Crippen MR) is 73.3 cm³/mol. The lowest BCUT2D eigenvalue weighted by atomic mass is 9.93. The molecule has 0 aliphatic carbocycles. The van der Waals surface area contributed by atoms with Gasteiger partial charge < -0.3 is 15.5 Å². The highest BCUT2D eigenvalue weighted by Crippen LogP contribution is 2.18. The van der Waals surface area contributed by atoms with Crippen LogP contribution in [0.3, 0.4) is 0 Å². The summed E-state index contributed by atoms with van der Waals surface area (Å²) in [6, 6.07) is 0. The Labute approximate surface area is 106 Å². The minimum Gasteiger partial charge on any atom is -0.316 e. The third-order valence-corrected chi connectivity index (χ3v) is 4.40. The molecule has 0 aromatic heterocycles. The van der Waals surface area contributed by atoms with Crippen molar-refractivity contribution in [3.63, 3.8) is 0 Å². The van der Waals surface area contributed by atoms with E-state index in [0.29, 0.717) is 0 Å². The number of nitrogens with zero attached hydrogens (tertiary/aromatic N) is 1. The van der Waals surface area contributed by atoms with E-state index in [-0.39, 0.29) is 0 Å². The average Bonchev–Trinajstić information content (AvgIpc) is 2.38. The average molecular weight is 239 g/mol. The first kappa shape index (κ1) is 13.3. The Morgan fingerprint density at radius 2 is 2.00 bits per heavy atom. The lowest BCUT2D eigenvalue weighted by molar-refractivity contribution is 0.210. The number of likely N-dealkylation sites (tertiary alicyclic amines) is 1. The van der Waals surface area contributed by atoms with Gasteiger partial charge in [-0.15, -0.1) is 0 Å². The summed E-state index contributed by atoms with van der Waals surface area (Å²) in [5.74, 6) is 1.85. The Balaban J connectivity index is 1.48. The molecule has 2 heterocycles. The predicted octanol–water partition coefficient (Wildman–Crippen LogP) is 1.31. The lowest BCUT2D eigenvalue weighted by Crippen LogP contribution is -2.37. The zero-order chi connectivity index (χ0) is 11.9. The quantitative estimate of drug-likeness (QED) is 0.708. The Kier molecular flexibility index (Phi) is 5.75. The molecule has 0 bridgehead atoms. The molecule has 2 fully saturated rings. The van der Waals surface area contributed by atoms with Crippen LogP contribution in [-0.2, 0) is 0 Å². The standard InChI is InChI=1S/C14H29N3/c1-17-9-5-13(6-10-17)4-8-16-12-14-3-2-7-15-11-14/h13-16H,2-12H2,1H3. The van der Waals surface area contributed by atoms with Gasteiger partial charge in [0.15, 0.2) is 0 Å². The Morgan fingerprint density at radius 3 is 2.71 bits per heavy atom. The van der Waals surface area contributed by atoms with Crippen molar-refractivity contribution >= 4 is 0 Å². The van der Waals surface area contributed by atoms with Crippen LogP contribution in [0, 0.1) is 11.8 Å². The van der Waals surface area contributed by atoms with Gasteiger partial charge >= 0.3 is 0 Å². The first-order valence-corrected chi connectivity index (χ1v) is 7.44. The van der Waals surface area contributed by atoms with Crippen LogP contribution in [0.4, 0.5) is 0 Å². The van der Waals surface area contributed by atoms with Gasteiger partial charge in [0.05, 0.1) is 0 Å². The molecule has 2 saturated heterocycles. The maximum absolute atomic E-state index is 3.66. The highest BCUT2D eigenvalue weighted by atomic mass is 15.1. The van der Waals surface area contributed by atoms with Gasteiger partial charge in [-0.05, 0) is 90.3 Å². The fraction of sp³-hybridized carbons (Fsp3) is 1.00. The van der Waals surface area contributed by atoms with Gasteiger partial charge in [-0.25, -0.2) is 0 Å². The van der Waals surface area contributed by atoms with E-state index in [0.717, 1.165) is 11.8 Å². The molecular weight excluding hydrogens is 210 g/mol. The second-order valence-corrected chi connectivity index (χ2v) is 5.95. The molecule has 2 aliphatic rings. The van der Waals surface area contributed by atoms with Gasteiger partial charge in [-0.1, -0.05) is 0 Å². The molecule has 0 aromatic rings. The van der Waals surface area contributed by atoms with Crippen molar-refractivity contribution < 1.29 is 0 Å². The van der Waals surface area contributed by atoms with Gasteiger partial charge in [-0.2, -0.15) is 0 Å². The summed E-state index contributed by atoms with van der Waals surface area (Å²) >= 11 is 0. The first-order chi connectivity index (χ1) is 8.34. The number of nitrogens with one attached hydrogen (secondary N) is 2. The van der Waals surface area contributed by atoms with Crippen LogP contribution in [0.2, 0.25) is 0 Å². The molecule has 0 amide bonds. The summed E-state index contributed by atoms with van der Waals surface area (Å²) in [5, 5.41) is 7.14. The van der Waals surface area contributed by atoms with Crippen LogP contribution in [0.1, 0.15) is 32.1 Å². The van der Waals surface area contributed by atoms with Crippen LogP contribution in [0.25, 0.3) is 0 Å². The van der Waals surface area contributed by atoms with Crippen LogP contribution < -0.4 is 10.6 Å². The van der Waals surface area contributed by atoms with E-state index in [1.807, 2.05) is 0 Å². The third kappa shape index (κ3) is 4.94. The van der Waals surface area contributed by atoms with Crippen molar-refractivity contribution in [2.75, 3.05) is 46.3 Å². The summed E-state index contributed by atoms with van der Waals surface area (Å²) in [7, 11) is 2.24. The Bertz CT molecular complexity index is 194. The fourth-order valence-corrected chi connectivity index (χ4v) is 3.06. The molecule has 0 aromatic carbocycles. The minimum atomic E-state index is 0.876. The van der Waals surface area contributed by atoms with Gasteiger partial charge in [0.2, 0.25) is 0 Å². The highest BCUT2D eigenvalue weighted by Gasteiger charge is 2.16. The van der Waals surface area contributed by atoms with Crippen LogP contribution in [0.15, 0.2) is 0 Å². The zero-order valence-corrected chi connectivity index (χ0v) is 11.4. The number of rotatable bonds is 5. The smallest absolute Gasteiger partial charge is 0.000837 e. The molecule has 2 rings (SSSR count). The summed E-state index contributed by atoms with van der Waals surface area (Å²) in [5.41, 5.74) is 0. The van der Waals surface area contributed by atoms with Gasteiger partial charge in [0.25, 0.3) is 0 Å². The van der Waals surface area contributed by atoms with E-state index in [9.17, 15) is 0 Å². The van der Waals surface area contributed by atoms with Crippen molar-refractivity contribution in [2.45, 2.75) is 32.1 Å². The largest absolute Gasteiger partial charge is 0.316 e. The molecule has 1 atom stereocenters. The topological polar surface area (TPSA) is 27.3 Å². The van der Waals surface area contributed by atoms with Crippen molar-refractivity contribution in [1.29, 1.82) is 0 Å². The SMILES string of the molecule is CN1CCC(CCNCC2CCCNC2)CC1. The second kappa shape index (κ2) is 7.34.